The van der Waals surface area contributed by atoms with Crippen molar-refractivity contribution in [1.29, 1.82) is 0 Å². The summed E-state index contributed by atoms with van der Waals surface area (Å²) < 4.78 is 6.21. The second kappa shape index (κ2) is 3.46. The molecule has 104 valence electrons. The SMILES string of the molecule is CN1CC[C@]23c4c5cccc4O[C@H]2[C@@H](O)C=CC3C1C5. The minimum Gasteiger partial charge on any atom is -0.486 e. The van der Waals surface area contributed by atoms with Crippen LogP contribution in [0.25, 0.3) is 0 Å². The Bertz CT molecular complexity index is 625. The van der Waals surface area contributed by atoms with Gasteiger partial charge in [0, 0.05) is 22.9 Å². The lowest BCUT2D eigenvalue weighted by molar-refractivity contribution is -0.0450. The second-order valence-electron chi connectivity index (χ2n) is 6.77. The molecule has 2 aliphatic heterocycles. The zero-order chi connectivity index (χ0) is 13.5. The molecule has 5 atom stereocenters. The summed E-state index contributed by atoms with van der Waals surface area (Å²) in [5, 5.41) is 10.4. The van der Waals surface area contributed by atoms with Crippen LogP contribution in [0.15, 0.2) is 30.4 Å². The van der Waals surface area contributed by atoms with Crippen LogP contribution in [-0.2, 0) is 11.8 Å². The maximum atomic E-state index is 10.4. The molecule has 3 nitrogen and oxygen atoms in total. The van der Waals surface area contributed by atoms with Gasteiger partial charge in [0.25, 0.3) is 0 Å². The molecule has 1 spiro atoms. The average molecular weight is 269 g/mol. The zero-order valence-corrected chi connectivity index (χ0v) is 11.6. The lowest BCUT2D eigenvalue weighted by Crippen LogP contribution is -2.64. The molecular formula is C17H19NO2. The monoisotopic (exact) mass is 269 g/mol. The first-order valence-electron chi connectivity index (χ1n) is 7.57. The highest BCUT2D eigenvalue weighted by molar-refractivity contribution is 5.56. The zero-order valence-electron chi connectivity index (χ0n) is 11.6. The van der Waals surface area contributed by atoms with E-state index in [4.69, 9.17) is 4.74 Å². The predicted octanol–water partition coefficient (Wildman–Crippen LogP) is 1.49. The van der Waals surface area contributed by atoms with E-state index >= 15 is 0 Å². The molecule has 1 aromatic carbocycles. The number of likely N-dealkylation sites (N-methyl/N-ethyl adjacent to an activating group) is 1. The van der Waals surface area contributed by atoms with Crippen molar-refractivity contribution in [3.05, 3.63) is 41.5 Å². The van der Waals surface area contributed by atoms with Gasteiger partial charge in [0.1, 0.15) is 18.0 Å². The van der Waals surface area contributed by atoms with Crippen LogP contribution < -0.4 is 4.74 Å². The molecule has 2 unspecified atom stereocenters. The van der Waals surface area contributed by atoms with Crippen molar-refractivity contribution in [2.24, 2.45) is 5.92 Å². The van der Waals surface area contributed by atoms with Crippen molar-refractivity contribution >= 4 is 0 Å². The van der Waals surface area contributed by atoms with Gasteiger partial charge in [-0.25, -0.2) is 0 Å². The van der Waals surface area contributed by atoms with Crippen molar-refractivity contribution in [2.45, 2.75) is 36.5 Å². The maximum absolute atomic E-state index is 10.4. The topological polar surface area (TPSA) is 32.7 Å². The molecule has 5 rings (SSSR count). The highest BCUT2D eigenvalue weighted by Gasteiger charge is 2.63. The Labute approximate surface area is 118 Å². The van der Waals surface area contributed by atoms with Gasteiger partial charge < -0.3 is 14.7 Å². The summed E-state index contributed by atoms with van der Waals surface area (Å²) >= 11 is 0. The first-order valence-corrected chi connectivity index (χ1v) is 7.57. The summed E-state index contributed by atoms with van der Waals surface area (Å²) in [5.41, 5.74) is 2.85. The number of rotatable bonds is 0. The van der Waals surface area contributed by atoms with E-state index in [-0.39, 0.29) is 11.5 Å². The molecule has 2 bridgehead atoms. The van der Waals surface area contributed by atoms with E-state index in [1.54, 1.807) is 0 Å². The van der Waals surface area contributed by atoms with Crippen molar-refractivity contribution in [3.63, 3.8) is 0 Å². The highest BCUT2D eigenvalue weighted by atomic mass is 16.5. The summed E-state index contributed by atoms with van der Waals surface area (Å²) in [4.78, 5) is 2.49. The van der Waals surface area contributed by atoms with Gasteiger partial charge in [-0.1, -0.05) is 24.3 Å². The van der Waals surface area contributed by atoms with Crippen LogP contribution in [0.3, 0.4) is 0 Å². The van der Waals surface area contributed by atoms with Crippen LogP contribution in [0.1, 0.15) is 17.5 Å². The third-order valence-corrected chi connectivity index (χ3v) is 6.05. The van der Waals surface area contributed by atoms with Crippen LogP contribution in [0.4, 0.5) is 0 Å². The fraction of sp³-hybridized carbons (Fsp3) is 0.529. The van der Waals surface area contributed by atoms with Crippen molar-refractivity contribution in [3.8, 4) is 5.75 Å². The van der Waals surface area contributed by atoms with Gasteiger partial charge in [-0.05, 0) is 38.1 Å². The molecule has 0 aromatic heterocycles. The summed E-state index contributed by atoms with van der Waals surface area (Å²) in [6, 6.07) is 6.96. The Hall–Kier alpha value is -1.32. The first kappa shape index (κ1) is 11.4. The molecule has 1 saturated heterocycles. The molecule has 3 heteroatoms. The van der Waals surface area contributed by atoms with E-state index in [1.165, 1.54) is 11.1 Å². The summed E-state index contributed by atoms with van der Waals surface area (Å²) in [5.74, 6) is 1.49. The number of ether oxygens (including phenoxy) is 1. The minimum atomic E-state index is -0.478. The number of hydrogen-bond donors (Lipinski definition) is 1. The van der Waals surface area contributed by atoms with Crippen LogP contribution in [0.5, 0.6) is 5.75 Å². The van der Waals surface area contributed by atoms with Crippen LogP contribution in [0, 0.1) is 5.92 Å². The fourth-order valence-corrected chi connectivity index (χ4v) is 5.21. The molecule has 2 aliphatic carbocycles. The number of benzene rings is 1. The molecule has 4 aliphatic rings. The first-order chi connectivity index (χ1) is 9.72. The minimum absolute atomic E-state index is 0.00944. The smallest absolute Gasteiger partial charge is 0.138 e. The fourth-order valence-electron chi connectivity index (χ4n) is 5.21. The summed E-state index contributed by atoms with van der Waals surface area (Å²) in [6.07, 6.45) is 5.83. The van der Waals surface area contributed by atoms with E-state index in [1.807, 2.05) is 6.08 Å². The van der Waals surface area contributed by atoms with Crippen LogP contribution in [0.2, 0.25) is 0 Å². The molecule has 0 radical (unpaired) electrons. The number of hydrogen-bond acceptors (Lipinski definition) is 3. The third-order valence-electron chi connectivity index (χ3n) is 6.05. The Kier molecular flexibility index (Phi) is 1.97. The van der Waals surface area contributed by atoms with Gasteiger partial charge in [0.2, 0.25) is 0 Å². The van der Waals surface area contributed by atoms with Crippen molar-refractivity contribution in [2.75, 3.05) is 13.6 Å². The lowest BCUT2D eigenvalue weighted by Gasteiger charge is -2.56. The molecule has 0 amide bonds. The lowest BCUT2D eigenvalue weighted by atomic mass is 9.53. The van der Waals surface area contributed by atoms with Gasteiger partial charge in [-0.15, -0.1) is 0 Å². The summed E-state index contributed by atoms with van der Waals surface area (Å²) in [6.45, 7) is 1.09. The Balaban J connectivity index is 1.83. The van der Waals surface area contributed by atoms with Gasteiger partial charge in [-0.2, -0.15) is 0 Å². The third kappa shape index (κ3) is 1.08. The molecular weight excluding hydrogens is 250 g/mol. The Morgan fingerprint density at radius 2 is 2.25 bits per heavy atom. The molecule has 20 heavy (non-hydrogen) atoms. The van der Waals surface area contributed by atoms with Gasteiger partial charge >= 0.3 is 0 Å². The highest BCUT2D eigenvalue weighted by Crippen LogP contribution is 2.60. The molecule has 0 saturated carbocycles. The Morgan fingerprint density at radius 3 is 3.15 bits per heavy atom. The van der Waals surface area contributed by atoms with E-state index in [0.29, 0.717) is 12.0 Å². The molecule has 1 N–H and O–H groups in total. The van der Waals surface area contributed by atoms with Gasteiger partial charge in [-0.3, -0.25) is 0 Å². The predicted molar refractivity (Wildman–Crippen MR) is 75.9 cm³/mol. The van der Waals surface area contributed by atoms with E-state index < -0.39 is 6.10 Å². The average Bonchev–Trinajstić information content (AvgIpc) is 2.79. The molecule has 2 heterocycles. The Morgan fingerprint density at radius 1 is 1.35 bits per heavy atom. The quantitative estimate of drug-likeness (QED) is 0.724. The number of likely N-dealkylation sites (tertiary alicyclic amines) is 1. The largest absolute Gasteiger partial charge is 0.486 e. The maximum Gasteiger partial charge on any atom is 0.138 e. The normalized spacial score (nSPS) is 44.1. The second-order valence-corrected chi connectivity index (χ2v) is 6.77. The standard InChI is InChI=1S/C17H19NO2/c1-18-8-7-17-11-5-6-13(19)16(17)20-14-4-2-3-10(15(14)17)9-12(11)18/h2-6,11-13,16,19H,7-9H2,1H3/t11?,12?,13-,16-,17-/m0/s1. The van der Waals surface area contributed by atoms with Crippen molar-refractivity contribution in [1.82, 2.24) is 4.90 Å². The van der Waals surface area contributed by atoms with Crippen LogP contribution >= 0.6 is 0 Å². The van der Waals surface area contributed by atoms with Gasteiger partial charge in [0.05, 0.1) is 0 Å². The van der Waals surface area contributed by atoms with Crippen LogP contribution in [-0.4, -0.2) is 41.8 Å². The van der Waals surface area contributed by atoms with Gasteiger partial charge in [0.15, 0.2) is 0 Å². The van der Waals surface area contributed by atoms with Crippen molar-refractivity contribution < 1.29 is 9.84 Å². The number of nitrogens with zero attached hydrogens (tertiary/aromatic N) is 1. The number of aliphatic hydroxyl groups excluding tert-OH is 1. The number of piperidine rings is 1. The van der Waals surface area contributed by atoms with E-state index in [9.17, 15) is 5.11 Å². The molecule has 1 fully saturated rings. The van der Waals surface area contributed by atoms with E-state index in [2.05, 4.69) is 36.2 Å². The number of aliphatic hydroxyl groups is 1. The van der Waals surface area contributed by atoms with E-state index in [0.717, 1.165) is 25.1 Å². The molecule has 1 aromatic rings. The summed E-state index contributed by atoms with van der Waals surface area (Å²) in [7, 11) is 2.23.